The zero-order valence-electron chi connectivity index (χ0n) is 17.9. The molecule has 0 amide bonds. The Balaban J connectivity index is 0.00000392. The average Bonchev–Trinajstić information content (AvgIpc) is 3.14. The molecular formula is C20H38IN5O2. The van der Waals surface area contributed by atoms with Gasteiger partial charge in [0.15, 0.2) is 11.7 Å². The highest BCUT2D eigenvalue weighted by atomic mass is 127. The molecule has 7 nitrogen and oxygen atoms in total. The first-order chi connectivity index (χ1) is 13.2. The van der Waals surface area contributed by atoms with Crippen molar-refractivity contribution in [1.29, 1.82) is 0 Å². The third-order valence-electron chi connectivity index (χ3n) is 5.01. The van der Waals surface area contributed by atoms with E-state index in [4.69, 9.17) is 9.26 Å². The Labute approximate surface area is 187 Å². The van der Waals surface area contributed by atoms with Crippen molar-refractivity contribution in [2.45, 2.75) is 53.0 Å². The van der Waals surface area contributed by atoms with E-state index in [-0.39, 0.29) is 24.0 Å². The smallest absolute Gasteiger partial charge is 0.191 e. The molecule has 1 unspecified atom stereocenters. The Bertz CT molecular complexity index is 557. The maximum Gasteiger partial charge on any atom is 0.191 e. The Kier molecular flexibility index (Phi) is 12.7. The molecule has 1 aromatic heterocycles. The summed E-state index contributed by atoms with van der Waals surface area (Å²) in [4.78, 5) is 7.12. The monoisotopic (exact) mass is 507 g/mol. The maximum atomic E-state index is 5.47. The van der Waals surface area contributed by atoms with Gasteiger partial charge in [-0.15, -0.1) is 24.0 Å². The van der Waals surface area contributed by atoms with E-state index in [9.17, 15) is 0 Å². The normalized spacial score (nSPS) is 16.7. The maximum absolute atomic E-state index is 5.47. The van der Waals surface area contributed by atoms with Gasteiger partial charge in [-0.25, -0.2) is 4.99 Å². The van der Waals surface area contributed by atoms with Crippen LogP contribution in [0.5, 0.6) is 0 Å². The van der Waals surface area contributed by atoms with Crippen LogP contribution in [0.4, 0.5) is 0 Å². The van der Waals surface area contributed by atoms with Gasteiger partial charge < -0.3 is 19.9 Å². The Morgan fingerprint density at radius 1 is 1.21 bits per heavy atom. The second-order valence-electron chi connectivity index (χ2n) is 7.33. The van der Waals surface area contributed by atoms with Crippen molar-refractivity contribution in [2.24, 2.45) is 10.9 Å². The van der Waals surface area contributed by atoms with Gasteiger partial charge in [-0.3, -0.25) is 4.90 Å². The predicted octanol–water partition coefficient (Wildman–Crippen LogP) is 3.22. The largest absolute Gasteiger partial charge is 0.379 e. The number of aromatic nitrogens is 1. The zero-order chi connectivity index (χ0) is 19.5. The lowest BCUT2D eigenvalue weighted by Gasteiger charge is -2.29. The topological polar surface area (TPSA) is 74.9 Å². The molecule has 2 N–H and O–H groups in total. The van der Waals surface area contributed by atoms with Crippen LogP contribution in [0.15, 0.2) is 15.6 Å². The molecule has 0 aliphatic carbocycles. The molecule has 0 bridgehead atoms. The van der Waals surface area contributed by atoms with Gasteiger partial charge in [0, 0.05) is 44.7 Å². The summed E-state index contributed by atoms with van der Waals surface area (Å²) in [5, 5.41) is 11.0. The van der Waals surface area contributed by atoms with E-state index in [2.05, 4.69) is 53.4 Å². The number of guanidine groups is 1. The van der Waals surface area contributed by atoms with Crippen LogP contribution in [-0.4, -0.2) is 62.0 Å². The second-order valence-corrected chi connectivity index (χ2v) is 7.33. The first-order valence-corrected chi connectivity index (χ1v) is 10.4. The lowest BCUT2D eigenvalue weighted by Crippen LogP contribution is -2.44. The Hall–Kier alpha value is -0.870. The van der Waals surface area contributed by atoms with E-state index in [1.54, 1.807) is 0 Å². The van der Waals surface area contributed by atoms with E-state index >= 15 is 0 Å². The van der Waals surface area contributed by atoms with Crippen molar-refractivity contribution in [2.75, 3.05) is 45.9 Å². The molecule has 1 saturated heterocycles. The fraction of sp³-hybridized carbons (Fsp3) is 0.800. The molecule has 0 spiro atoms. The Morgan fingerprint density at radius 2 is 1.93 bits per heavy atom. The number of morpholine rings is 1. The van der Waals surface area contributed by atoms with E-state index in [1.165, 1.54) is 0 Å². The van der Waals surface area contributed by atoms with E-state index in [0.29, 0.717) is 18.4 Å². The lowest BCUT2D eigenvalue weighted by molar-refractivity contribution is 0.0320. The molecule has 0 saturated carbocycles. The second kappa shape index (κ2) is 14.2. The average molecular weight is 507 g/mol. The van der Waals surface area contributed by atoms with Crippen LogP contribution in [0.3, 0.4) is 0 Å². The molecule has 28 heavy (non-hydrogen) atoms. The summed E-state index contributed by atoms with van der Waals surface area (Å²) in [6.45, 7) is 15.8. The van der Waals surface area contributed by atoms with Crippen LogP contribution >= 0.6 is 24.0 Å². The van der Waals surface area contributed by atoms with Gasteiger partial charge in [-0.05, 0) is 25.7 Å². The zero-order valence-corrected chi connectivity index (χ0v) is 20.2. The van der Waals surface area contributed by atoms with Crippen molar-refractivity contribution in [3.8, 4) is 0 Å². The molecule has 2 heterocycles. The molecule has 162 valence electrons. The van der Waals surface area contributed by atoms with E-state index in [1.807, 2.05) is 6.07 Å². The minimum Gasteiger partial charge on any atom is -0.379 e. The first-order valence-electron chi connectivity index (χ1n) is 10.4. The molecule has 2 rings (SSSR count). The molecular weight excluding hydrogens is 469 g/mol. The number of ether oxygens (including phenoxy) is 1. The third-order valence-corrected chi connectivity index (χ3v) is 5.01. The minimum absolute atomic E-state index is 0. The van der Waals surface area contributed by atoms with Crippen LogP contribution in [0.2, 0.25) is 0 Å². The van der Waals surface area contributed by atoms with Gasteiger partial charge in [0.1, 0.15) is 6.54 Å². The molecule has 0 radical (unpaired) electrons. The fourth-order valence-corrected chi connectivity index (χ4v) is 3.36. The molecule has 1 aliphatic rings. The Morgan fingerprint density at radius 3 is 2.57 bits per heavy atom. The SMILES string of the molecule is CCNC(=NCc1cc(C(CC)CC)no1)NCC(C)CN1CCOCC1.I. The van der Waals surface area contributed by atoms with Crippen LogP contribution in [0.25, 0.3) is 0 Å². The van der Waals surface area contributed by atoms with Gasteiger partial charge in [-0.1, -0.05) is 25.9 Å². The highest BCUT2D eigenvalue weighted by Crippen LogP contribution is 2.22. The van der Waals surface area contributed by atoms with Gasteiger partial charge in [0.25, 0.3) is 0 Å². The van der Waals surface area contributed by atoms with E-state index in [0.717, 1.165) is 76.2 Å². The van der Waals surface area contributed by atoms with Crippen LogP contribution < -0.4 is 10.6 Å². The van der Waals surface area contributed by atoms with Crippen molar-refractivity contribution in [3.63, 3.8) is 0 Å². The predicted molar refractivity (Wildman–Crippen MR) is 124 cm³/mol. The molecule has 1 fully saturated rings. The number of hydrogen-bond acceptors (Lipinski definition) is 5. The number of aliphatic imine (C=N–C) groups is 1. The summed E-state index contributed by atoms with van der Waals surface area (Å²) in [6.07, 6.45) is 2.16. The minimum atomic E-state index is 0. The summed E-state index contributed by atoms with van der Waals surface area (Å²) < 4.78 is 10.9. The summed E-state index contributed by atoms with van der Waals surface area (Å²) in [6, 6.07) is 2.05. The molecule has 1 aromatic rings. The summed E-state index contributed by atoms with van der Waals surface area (Å²) >= 11 is 0. The highest BCUT2D eigenvalue weighted by Gasteiger charge is 2.15. The van der Waals surface area contributed by atoms with Crippen molar-refractivity contribution in [1.82, 2.24) is 20.7 Å². The first kappa shape index (κ1) is 25.2. The number of nitrogens with zero attached hydrogens (tertiary/aromatic N) is 3. The number of halogens is 1. The van der Waals surface area contributed by atoms with Crippen LogP contribution in [0, 0.1) is 5.92 Å². The molecule has 1 aliphatic heterocycles. The van der Waals surface area contributed by atoms with Crippen LogP contribution in [0.1, 0.15) is 57.9 Å². The van der Waals surface area contributed by atoms with Crippen LogP contribution in [-0.2, 0) is 11.3 Å². The fourth-order valence-electron chi connectivity index (χ4n) is 3.36. The van der Waals surface area contributed by atoms with Crippen molar-refractivity contribution in [3.05, 3.63) is 17.5 Å². The third kappa shape index (κ3) is 8.65. The van der Waals surface area contributed by atoms with Crippen molar-refractivity contribution >= 4 is 29.9 Å². The number of nitrogens with one attached hydrogen (secondary N) is 2. The van der Waals surface area contributed by atoms with Gasteiger partial charge >= 0.3 is 0 Å². The summed E-state index contributed by atoms with van der Waals surface area (Å²) in [7, 11) is 0. The summed E-state index contributed by atoms with van der Waals surface area (Å²) in [5.41, 5.74) is 1.04. The van der Waals surface area contributed by atoms with E-state index < -0.39 is 0 Å². The number of rotatable bonds is 10. The lowest BCUT2D eigenvalue weighted by atomic mass is 9.99. The molecule has 8 heteroatoms. The number of hydrogen-bond donors (Lipinski definition) is 2. The standard InChI is InChI=1S/C20H37N5O2.HI/c1-5-17(6-2)19-12-18(27-24-19)14-23-20(21-7-3)22-13-16(4)15-25-8-10-26-11-9-25;/h12,16-17H,5-11,13-15H2,1-4H3,(H2,21,22,23);1H. The van der Waals surface area contributed by atoms with Gasteiger partial charge in [0.2, 0.25) is 0 Å². The van der Waals surface area contributed by atoms with Gasteiger partial charge in [-0.2, -0.15) is 0 Å². The van der Waals surface area contributed by atoms with Crippen molar-refractivity contribution < 1.29 is 9.26 Å². The molecule has 0 aromatic carbocycles. The quantitative estimate of drug-likeness (QED) is 0.288. The highest BCUT2D eigenvalue weighted by molar-refractivity contribution is 14.0. The summed E-state index contributed by atoms with van der Waals surface area (Å²) in [5.74, 6) is 2.65. The molecule has 1 atom stereocenters. The van der Waals surface area contributed by atoms with Gasteiger partial charge in [0.05, 0.1) is 18.9 Å².